The SMILES string of the molecule is CN(C)c1ccc(C2Oc3ccc(Cl)cc3C3=C2C(c2ccccc2)n2ncnc2N3)cc1. The molecule has 2 aliphatic heterocycles. The smallest absolute Gasteiger partial charge is 0.226 e. The zero-order valence-electron chi connectivity index (χ0n) is 18.2. The van der Waals surface area contributed by atoms with E-state index in [0.29, 0.717) is 11.0 Å². The second-order valence-electron chi connectivity index (χ2n) is 8.42. The summed E-state index contributed by atoms with van der Waals surface area (Å²) in [5.74, 6) is 1.48. The Balaban J connectivity index is 1.59. The van der Waals surface area contributed by atoms with E-state index >= 15 is 0 Å². The molecule has 4 aromatic rings. The topological polar surface area (TPSA) is 55.2 Å². The lowest BCUT2D eigenvalue weighted by atomic mass is 9.84. The molecule has 6 nitrogen and oxygen atoms in total. The molecule has 7 heteroatoms. The van der Waals surface area contributed by atoms with Crippen LogP contribution in [0.2, 0.25) is 5.02 Å². The molecule has 0 spiro atoms. The lowest BCUT2D eigenvalue weighted by molar-refractivity contribution is 0.223. The van der Waals surface area contributed by atoms with Gasteiger partial charge in [0.15, 0.2) is 0 Å². The number of benzene rings is 3. The van der Waals surface area contributed by atoms with E-state index in [-0.39, 0.29) is 12.1 Å². The fourth-order valence-electron chi connectivity index (χ4n) is 4.62. The molecule has 3 heterocycles. The zero-order chi connectivity index (χ0) is 22.5. The molecule has 0 radical (unpaired) electrons. The lowest BCUT2D eigenvalue weighted by Crippen LogP contribution is -2.32. The molecule has 1 aromatic heterocycles. The molecule has 6 rings (SSSR count). The van der Waals surface area contributed by atoms with Crippen LogP contribution in [0.25, 0.3) is 5.70 Å². The Hall–Kier alpha value is -3.77. The van der Waals surface area contributed by atoms with E-state index in [1.807, 2.05) is 55.2 Å². The summed E-state index contributed by atoms with van der Waals surface area (Å²) >= 11 is 6.40. The lowest BCUT2D eigenvalue weighted by Gasteiger charge is -2.39. The van der Waals surface area contributed by atoms with E-state index in [1.165, 1.54) is 0 Å². The molecule has 0 bridgehead atoms. The van der Waals surface area contributed by atoms with E-state index in [9.17, 15) is 0 Å². The molecule has 0 fully saturated rings. The molecule has 0 saturated heterocycles. The Morgan fingerprint density at radius 3 is 2.52 bits per heavy atom. The first kappa shape index (κ1) is 19.9. The maximum atomic E-state index is 6.65. The highest BCUT2D eigenvalue weighted by Crippen LogP contribution is 2.51. The van der Waals surface area contributed by atoms with E-state index in [4.69, 9.17) is 16.3 Å². The molecular weight excluding hydrogens is 434 g/mol. The average molecular weight is 456 g/mol. The van der Waals surface area contributed by atoms with Gasteiger partial charge in [-0.15, -0.1) is 0 Å². The molecule has 0 amide bonds. The van der Waals surface area contributed by atoms with Crippen molar-refractivity contribution in [3.63, 3.8) is 0 Å². The van der Waals surface area contributed by atoms with Gasteiger partial charge in [-0.3, -0.25) is 0 Å². The van der Waals surface area contributed by atoms with E-state index in [0.717, 1.165) is 39.4 Å². The van der Waals surface area contributed by atoms with Gasteiger partial charge in [-0.05, 0) is 41.5 Å². The van der Waals surface area contributed by atoms with E-state index in [2.05, 4.69) is 56.7 Å². The zero-order valence-corrected chi connectivity index (χ0v) is 19.0. The van der Waals surface area contributed by atoms with Crippen molar-refractivity contribution in [2.24, 2.45) is 0 Å². The Kier molecular flexibility index (Phi) is 4.62. The third-order valence-corrected chi connectivity index (χ3v) is 6.44. The van der Waals surface area contributed by atoms with Gasteiger partial charge >= 0.3 is 0 Å². The summed E-state index contributed by atoms with van der Waals surface area (Å²) < 4.78 is 8.58. The van der Waals surface area contributed by atoms with Crippen molar-refractivity contribution in [1.29, 1.82) is 0 Å². The highest BCUT2D eigenvalue weighted by atomic mass is 35.5. The molecule has 0 saturated carbocycles. The average Bonchev–Trinajstić information content (AvgIpc) is 3.31. The monoisotopic (exact) mass is 455 g/mol. The summed E-state index contributed by atoms with van der Waals surface area (Å²) in [6.45, 7) is 0. The molecular formula is C26H22ClN5O. The van der Waals surface area contributed by atoms with Crippen molar-refractivity contribution in [3.8, 4) is 5.75 Å². The van der Waals surface area contributed by atoms with Crippen LogP contribution in [0.3, 0.4) is 0 Å². The van der Waals surface area contributed by atoms with Gasteiger partial charge in [0.25, 0.3) is 0 Å². The number of nitrogens with one attached hydrogen (secondary N) is 1. The van der Waals surface area contributed by atoms with Crippen LogP contribution >= 0.6 is 11.6 Å². The maximum Gasteiger partial charge on any atom is 0.226 e. The van der Waals surface area contributed by atoms with Gasteiger partial charge in [0.1, 0.15) is 24.2 Å². The number of ether oxygens (including phenoxy) is 1. The maximum absolute atomic E-state index is 6.65. The normalized spacial score (nSPS) is 18.5. The molecule has 164 valence electrons. The van der Waals surface area contributed by atoms with Crippen molar-refractivity contribution >= 4 is 28.9 Å². The van der Waals surface area contributed by atoms with Crippen LogP contribution in [0, 0.1) is 0 Å². The Bertz CT molecular complexity index is 1360. The summed E-state index contributed by atoms with van der Waals surface area (Å²) in [5.41, 5.74) is 6.29. The number of nitrogens with zero attached hydrogens (tertiary/aromatic N) is 4. The second-order valence-corrected chi connectivity index (χ2v) is 8.86. The fourth-order valence-corrected chi connectivity index (χ4v) is 4.79. The molecule has 0 aliphatic carbocycles. The van der Waals surface area contributed by atoms with Gasteiger partial charge in [-0.25, -0.2) is 4.68 Å². The van der Waals surface area contributed by atoms with E-state index < -0.39 is 0 Å². The summed E-state index contributed by atoms with van der Waals surface area (Å²) in [5, 5.41) is 8.73. The summed E-state index contributed by atoms with van der Waals surface area (Å²) in [7, 11) is 4.07. The highest BCUT2D eigenvalue weighted by Gasteiger charge is 2.40. The minimum atomic E-state index is -0.306. The number of fused-ring (bicyclic) bond motifs is 3. The van der Waals surface area contributed by atoms with Crippen LogP contribution in [0.5, 0.6) is 5.75 Å². The minimum absolute atomic E-state index is 0.175. The van der Waals surface area contributed by atoms with Gasteiger partial charge in [0.2, 0.25) is 5.95 Å². The summed E-state index contributed by atoms with van der Waals surface area (Å²) in [6, 6.07) is 24.4. The molecule has 33 heavy (non-hydrogen) atoms. The number of rotatable bonds is 3. The van der Waals surface area contributed by atoms with E-state index in [1.54, 1.807) is 6.33 Å². The number of hydrogen-bond acceptors (Lipinski definition) is 5. The summed E-state index contributed by atoms with van der Waals surface area (Å²) in [4.78, 5) is 6.56. The van der Waals surface area contributed by atoms with Crippen LogP contribution in [-0.2, 0) is 0 Å². The molecule has 2 aliphatic rings. The quantitative estimate of drug-likeness (QED) is 0.438. The first-order valence-electron chi connectivity index (χ1n) is 10.8. The highest BCUT2D eigenvalue weighted by molar-refractivity contribution is 6.30. The standard InChI is InChI=1S/C26H22ClN5O/c1-31(2)19-11-8-17(9-12-19)25-22-23(20-14-18(27)10-13-21(20)33-25)30-26-28-15-29-32(26)24(22)16-6-4-3-5-7-16/h3-15,24-25H,1-2H3,(H,28,29,30). The molecule has 1 N–H and O–H groups in total. The third kappa shape index (κ3) is 3.26. The van der Waals surface area contributed by atoms with Gasteiger partial charge in [-0.2, -0.15) is 10.1 Å². The van der Waals surface area contributed by atoms with Gasteiger partial charge < -0.3 is 15.0 Å². The number of anilines is 2. The van der Waals surface area contributed by atoms with Crippen molar-refractivity contribution in [1.82, 2.24) is 14.8 Å². The van der Waals surface area contributed by atoms with Crippen molar-refractivity contribution in [3.05, 3.63) is 106 Å². The molecule has 3 aromatic carbocycles. The van der Waals surface area contributed by atoms with Crippen molar-refractivity contribution in [2.75, 3.05) is 24.3 Å². The van der Waals surface area contributed by atoms with Crippen LogP contribution in [0.1, 0.15) is 28.8 Å². The Labute approximate surface area is 197 Å². The van der Waals surface area contributed by atoms with Gasteiger partial charge in [0.05, 0.1) is 5.70 Å². The predicted octanol–water partition coefficient (Wildman–Crippen LogP) is 5.56. The third-order valence-electron chi connectivity index (χ3n) is 6.20. The number of aromatic nitrogens is 3. The number of halogens is 1. The van der Waals surface area contributed by atoms with Crippen molar-refractivity contribution < 1.29 is 4.74 Å². The predicted molar refractivity (Wildman–Crippen MR) is 131 cm³/mol. The van der Waals surface area contributed by atoms with Crippen molar-refractivity contribution in [2.45, 2.75) is 12.1 Å². The number of hydrogen-bond donors (Lipinski definition) is 1. The first-order chi connectivity index (χ1) is 16.1. The van der Waals surface area contributed by atoms with Crippen LogP contribution < -0.4 is 15.0 Å². The molecule has 2 atom stereocenters. The Morgan fingerprint density at radius 1 is 0.970 bits per heavy atom. The van der Waals surface area contributed by atoms with Crippen LogP contribution in [0.4, 0.5) is 11.6 Å². The van der Waals surface area contributed by atoms with Gasteiger partial charge in [0, 0.05) is 35.9 Å². The van der Waals surface area contributed by atoms with Crippen LogP contribution in [-0.4, -0.2) is 28.9 Å². The molecule has 2 unspecified atom stereocenters. The fraction of sp³-hybridized carbons (Fsp3) is 0.154. The van der Waals surface area contributed by atoms with Gasteiger partial charge in [-0.1, -0.05) is 54.1 Å². The minimum Gasteiger partial charge on any atom is -0.480 e. The van der Waals surface area contributed by atoms with Crippen LogP contribution in [0.15, 0.2) is 84.7 Å². The first-order valence-corrected chi connectivity index (χ1v) is 11.2. The summed E-state index contributed by atoms with van der Waals surface area (Å²) in [6.07, 6.45) is 1.28. The largest absolute Gasteiger partial charge is 0.480 e. The Morgan fingerprint density at radius 2 is 1.76 bits per heavy atom. The second kappa shape index (κ2) is 7.67.